The number of fused-ring (bicyclic) bond motifs is 1. The Bertz CT molecular complexity index is 1290. The number of sulfone groups is 1. The lowest BCUT2D eigenvalue weighted by Gasteiger charge is -2.34. The highest BCUT2D eigenvalue weighted by Crippen LogP contribution is 2.43. The second kappa shape index (κ2) is 10.2. The lowest BCUT2D eigenvalue weighted by Crippen LogP contribution is -2.45. The molecule has 2 aromatic carbocycles. The van der Waals surface area contributed by atoms with Gasteiger partial charge in [0, 0.05) is 19.5 Å². The van der Waals surface area contributed by atoms with Gasteiger partial charge in [-0.1, -0.05) is 30.3 Å². The fourth-order valence-corrected chi connectivity index (χ4v) is 6.80. The lowest BCUT2D eigenvalue weighted by atomic mass is 9.86. The lowest BCUT2D eigenvalue weighted by molar-refractivity contribution is 0.0204. The number of carbonyl (C=O) groups excluding carboxylic acids is 2. The van der Waals surface area contributed by atoms with E-state index in [1.54, 1.807) is 62.1 Å². The molecule has 9 heteroatoms. The van der Waals surface area contributed by atoms with E-state index < -0.39 is 32.5 Å². The topological polar surface area (TPSA) is 93.2 Å². The van der Waals surface area contributed by atoms with Crippen LogP contribution >= 0.6 is 0 Å². The molecule has 206 valence electrons. The summed E-state index contributed by atoms with van der Waals surface area (Å²) < 4.78 is 38.8. The van der Waals surface area contributed by atoms with Crippen molar-refractivity contribution in [2.45, 2.75) is 88.2 Å². The van der Waals surface area contributed by atoms with Crippen molar-refractivity contribution < 1.29 is 27.5 Å². The minimum absolute atomic E-state index is 0.127. The molecule has 1 saturated heterocycles. The monoisotopic (exact) mass is 542 g/mol. The van der Waals surface area contributed by atoms with Gasteiger partial charge in [-0.25, -0.2) is 18.0 Å². The van der Waals surface area contributed by atoms with Crippen LogP contribution in [-0.2, 0) is 25.7 Å². The second-order valence-corrected chi connectivity index (χ2v) is 14.1. The molecule has 4 rings (SSSR count). The normalized spacial score (nSPS) is 18.7. The molecule has 0 spiro atoms. The molecule has 2 aromatic rings. The summed E-state index contributed by atoms with van der Waals surface area (Å²) in [5.74, 6) is 0.127. The predicted octanol–water partition coefficient (Wildman–Crippen LogP) is 5.90. The number of benzene rings is 2. The Morgan fingerprint density at radius 2 is 1.39 bits per heavy atom. The predicted molar refractivity (Wildman–Crippen MR) is 146 cm³/mol. The van der Waals surface area contributed by atoms with Crippen LogP contribution in [0, 0.1) is 0 Å². The summed E-state index contributed by atoms with van der Waals surface area (Å²) in [5.41, 5.74) is 1.09. The summed E-state index contributed by atoms with van der Waals surface area (Å²) in [7, 11) is -3.89. The molecular weight excluding hydrogens is 504 g/mol. The van der Waals surface area contributed by atoms with Crippen molar-refractivity contribution in [1.29, 1.82) is 0 Å². The Morgan fingerprint density at radius 1 is 0.816 bits per heavy atom. The fourth-order valence-electron chi connectivity index (χ4n) is 5.09. The zero-order valence-corrected chi connectivity index (χ0v) is 23.9. The van der Waals surface area contributed by atoms with Gasteiger partial charge in [-0.3, -0.25) is 4.90 Å². The zero-order valence-electron chi connectivity index (χ0n) is 23.1. The number of likely N-dealkylation sites (tertiary alicyclic amines) is 1. The van der Waals surface area contributed by atoms with Gasteiger partial charge in [0.15, 0.2) is 15.2 Å². The molecule has 0 aliphatic carbocycles. The fraction of sp³-hybridized carbons (Fsp3) is 0.517. The molecule has 0 bridgehead atoms. The van der Waals surface area contributed by atoms with Gasteiger partial charge >= 0.3 is 12.2 Å². The minimum Gasteiger partial charge on any atom is -0.444 e. The highest BCUT2D eigenvalue weighted by Gasteiger charge is 2.46. The van der Waals surface area contributed by atoms with Gasteiger partial charge in [0.25, 0.3) is 0 Å². The van der Waals surface area contributed by atoms with Gasteiger partial charge in [0.05, 0.1) is 10.6 Å². The number of carbonyl (C=O) groups is 2. The maximum absolute atomic E-state index is 13.8. The van der Waals surface area contributed by atoms with Crippen LogP contribution in [0.2, 0.25) is 0 Å². The van der Waals surface area contributed by atoms with E-state index in [2.05, 4.69) is 0 Å². The van der Waals surface area contributed by atoms with Crippen molar-refractivity contribution in [3.8, 4) is 0 Å². The summed E-state index contributed by atoms with van der Waals surface area (Å²) in [6.45, 7) is 11.9. The molecule has 2 heterocycles. The standard InChI is InChI=1S/C29H38N2O6S/c1-28(2,3)36-26(32)30-17-15-20(16-18-30)22-13-10-14-24-23(22)19-25(31(24)27(33)37-29(4,5)6)38(34,35)21-11-8-7-9-12-21/h7-14,20,25H,15-19H2,1-6H3. The first-order chi connectivity index (χ1) is 17.7. The molecule has 1 fully saturated rings. The third kappa shape index (κ3) is 5.98. The van der Waals surface area contributed by atoms with E-state index in [1.165, 1.54) is 4.90 Å². The third-order valence-electron chi connectivity index (χ3n) is 6.72. The molecule has 38 heavy (non-hydrogen) atoms. The van der Waals surface area contributed by atoms with Crippen LogP contribution < -0.4 is 4.90 Å². The number of hydrogen-bond donors (Lipinski definition) is 0. The average Bonchev–Trinajstić information content (AvgIpc) is 3.23. The van der Waals surface area contributed by atoms with Gasteiger partial charge in [0.2, 0.25) is 0 Å². The summed E-state index contributed by atoms with van der Waals surface area (Å²) >= 11 is 0. The number of nitrogens with zero attached hydrogens (tertiary/aromatic N) is 2. The molecule has 2 aliphatic heterocycles. The number of piperidine rings is 1. The maximum Gasteiger partial charge on any atom is 0.415 e. The third-order valence-corrected chi connectivity index (χ3v) is 8.74. The van der Waals surface area contributed by atoms with Crippen LogP contribution in [0.3, 0.4) is 0 Å². The van der Waals surface area contributed by atoms with Crippen LogP contribution in [0.4, 0.5) is 15.3 Å². The van der Waals surface area contributed by atoms with Crippen molar-refractivity contribution in [3.63, 3.8) is 0 Å². The molecule has 1 atom stereocenters. The molecule has 0 aromatic heterocycles. The van der Waals surface area contributed by atoms with E-state index >= 15 is 0 Å². The first-order valence-electron chi connectivity index (χ1n) is 13.1. The zero-order chi connectivity index (χ0) is 27.9. The molecule has 2 aliphatic rings. The Morgan fingerprint density at radius 3 is 1.97 bits per heavy atom. The molecule has 1 unspecified atom stereocenters. The second-order valence-electron chi connectivity index (χ2n) is 12.0. The number of rotatable bonds is 3. The number of amides is 2. The number of hydrogen-bond acceptors (Lipinski definition) is 6. The highest BCUT2D eigenvalue weighted by molar-refractivity contribution is 7.92. The quantitative estimate of drug-likeness (QED) is 0.480. The molecule has 2 amide bonds. The van der Waals surface area contributed by atoms with Gasteiger partial charge in [-0.05, 0) is 89.6 Å². The smallest absolute Gasteiger partial charge is 0.415 e. The van der Waals surface area contributed by atoms with Gasteiger partial charge in [-0.2, -0.15) is 0 Å². The van der Waals surface area contributed by atoms with Crippen molar-refractivity contribution >= 4 is 27.7 Å². The highest BCUT2D eigenvalue weighted by atomic mass is 32.2. The van der Waals surface area contributed by atoms with Crippen molar-refractivity contribution in [3.05, 3.63) is 59.7 Å². The Balaban J connectivity index is 1.65. The van der Waals surface area contributed by atoms with E-state index in [1.807, 2.05) is 32.9 Å². The summed E-state index contributed by atoms with van der Waals surface area (Å²) in [6.07, 6.45) is 0.613. The van der Waals surface area contributed by atoms with Crippen molar-refractivity contribution in [1.82, 2.24) is 4.90 Å². The molecular formula is C29H38N2O6S. The average molecular weight is 543 g/mol. The molecule has 0 N–H and O–H groups in total. The van der Waals surface area contributed by atoms with E-state index in [0.717, 1.165) is 24.0 Å². The Kier molecular flexibility index (Phi) is 7.54. The van der Waals surface area contributed by atoms with Crippen molar-refractivity contribution in [2.75, 3.05) is 18.0 Å². The van der Waals surface area contributed by atoms with Crippen LogP contribution in [0.5, 0.6) is 0 Å². The van der Waals surface area contributed by atoms with Crippen LogP contribution in [0.25, 0.3) is 0 Å². The Hall–Kier alpha value is -3.07. The van der Waals surface area contributed by atoms with E-state index in [4.69, 9.17) is 9.47 Å². The van der Waals surface area contributed by atoms with Crippen LogP contribution in [0.15, 0.2) is 53.4 Å². The van der Waals surface area contributed by atoms with E-state index in [0.29, 0.717) is 18.8 Å². The van der Waals surface area contributed by atoms with E-state index in [9.17, 15) is 18.0 Å². The molecule has 0 radical (unpaired) electrons. The van der Waals surface area contributed by atoms with Crippen LogP contribution in [0.1, 0.15) is 71.4 Å². The molecule has 8 nitrogen and oxygen atoms in total. The number of anilines is 1. The van der Waals surface area contributed by atoms with Crippen LogP contribution in [-0.4, -0.2) is 55.2 Å². The maximum atomic E-state index is 13.8. The summed E-state index contributed by atoms with van der Waals surface area (Å²) in [5, 5.41) is -1.11. The van der Waals surface area contributed by atoms with E-state index in [-0.39, 0.29) is 23.3 Å². The van der Waals surface area contributed by atoms with Crippen molar-refractivity contribution in [2.24, 2.45) is 0 Å². The summed E-state index contributed by atoms with van der Waals surface area (Å²) in [6, 6.07) is 13.9. The first-order valence-corrected chi connectivity index (χ1v) is 14.6. The van der Waals surface area contributed by atoms with Gasteiger partial charge in [-0.15, -0.1) is 0 Å². The molecule has 0 saturated carbocycles. The number of ether oxygens (including phenoxy) is 2. The first kappa shape index (κ1) is 28.0. The SMILES string of the molecule is CC(C)(C)OC(=O)N1CCC(c2cccc3c2CC(S(=O)(=O)c2ccccc2)N3C(=O)OC(C)(C)C)CC1. The summed E-state index contributed by atoms with van der Waals surface area (Å²) in [4.78, 5) is 29.2. The Labute approximate surface area is 225 Å². The van der Waals surface area contributed by atoms with Gasteiger partial charge < -0.3 is 14.4 Å². The largest absolute Gasteiger partial charge is 0.444 e. The minimum atomic E-state index is -3.89. The van der Waals surface area contributed by atoms with Gasteiger partial charge in [0.1, 0.15) is 11.2 Å².